The number of anilines is 1. The molecule has 1 saturated heterocycles. The minimum absolute atomic E-state index is 0.114. The molecule has 1 aromatic carbocycles. The van der Waals surface area contributed by atoms with Gasteiger partial charge in [-0.2, -0.15) is 5.10 Å². The summed E-state index contributed by atoms with van der Waals surface area (Å²) < 4.78 is 2.65. The van der Waals surface area contributed by atoms with Crippen molar-refractivity contribution < 1.29 is 4.79 Å². The normalized spacial score (nSPS) is 15.4. The topological polar surface area (TPSA) is 75.9 Å². The lowest BCUT2D eigenvalue weighted by atomic mass is 10.1. The average Bonchev–Trinajstić information content (AvgIpc) is 3.08. The van der Waals surface area contributed by atoms with E-state index in [-0.39, 0.29) is 11.9 Å². The third-order valence-corrected chi connectivity index (χ3v) is 5.08. The van der Waals surface area contributed by atoms with Crippen LogP contribution in [0.3, 0.4) is 0 Å². The molecule has 1 aliphatic rings. The fraction of sp³-hybridized carbons (Fsp3) is 0.333. The van der Waals surface area contributed by atoms with E-state index in [4.69, 9.17) is 0 Å². The summed E-state index contributed by atoms with van der Waals surface area (Å²) in [5.41, 5.74) is 1.39. The van der Waals surface area contributed by atoms with Gasteiger partial charge in [-0.25, -0.2) is 9.97 Å². The molecule has 4 rings (SSSR count). The Kier molecular flexibility index (Phi) is 4.58. The number of carbonyl (C=O) groups excluding carboxylic acids is 1. The number of aryl methyl sites for hydroxylation is 1. The number of piperidine rings is 1. The summed E-state index contributed by atoms with van der Waals surface area (Å²) in [5.74, 6) is 0.630. The van der Waals surface area contributed by atoms with Crippen molar-refractivity contribution in [2.45, 2.75) is 18.9 Å². The number of amides is 1. The average molecular weight is 415 g/mol. The zero-order valence-corrected chi connectivity index (χ0v) is 16.0. The molecule has 0 radical (unpaired) electrons. The van der Waals surface area contributed by atoms with E-state index in [9.17, 15) is 4.79 Å². The Labute approximate surface area is 159 Å². The molecule has 1 aliphatic heterocycles. The summed E-state index contributed by atoms with van der Waals surface area (Å²) >= 11 is 3.47. The molecule has 1 amide bonds. The molecule has 0 bridgehead atoms. The second kappa shape index (κ2) is 7.03. The Morgan fingerprint density at radius 1 is 1.27 bits per heavy atom. The van der Waals surface area contributed by atoms with Gasteiger partial charge < -0.3 is 10.2 Å². The monoisotopic (exact) mass is 414 g/mol. The van der Waals surface area contributed by atoms with Gasteiger partial charge in [0.1, 0.15) is 5.69 Å². The van der Waals surface area contributed by atoms with E-state index < -0.39 is 0 Å². The Morgan fingerprint density at radius 3 is 2.81 bits per heavy atom. The van der Waals surface area contributed by atoms with Crippen LogP contribution in [0.4, 0.5) is 5.95 Å². The molecular formula is C18H19BrN6O. The maximum atomic E-state index is 12.2. The van der Waals surface area contributed by atoms with Crippen molar-refractivity contribution in [3.05, 3.63) is 46.8 Å². The SMILES string of the molecule is Cn1ccc(C(=O)NC2CCN(c3ncc4cc(Br)ccc4n3)CC2)n1. The van der Waals surface area contributed by atoms with Gasteiger partial charge in [-0.3, -0.25) is 9.48 Å². The van der Waals surface area contributed by atoms with Gasteiger partial charge in [-0.05, 0) is 37.1 Å². The molecule has 2 aromatic heterocycles. The molecule has 0 aliphatic carbocycles. The second-order valence-electron chi connectivity index (χ2n) is 6.48. The van der Waals surface area contributed by atoms with E-state index in [1.54, 1.807) is 24.0 Å². The van der Waals surface area contributed by atoms with Crippen LogP contribution in [-0.4, -0.2) is 44.8 Å². The number of nitrogens with one attached hydrogen (secondary N) is 1. The molecule has 1 N–H and O–H groups in total. The van der Waals surface area contributed by atoms with Crippen molar-refractivity contribution in [3.63, 3.8) is 0 Å². The largest absolute Gasteiger partial charge is 0.348 e. The third-order valence-electron chi connectivity index (χ3n) is 4.59. The highest BCUT2D eigenvalue weighted by molar-refractivity contribution is 9.10. The molecule has 26 heavy (non-hydrogen) atoms. The quantitative estimate of drug-likeness (QED) is 0.712. The van der Waals surface area contributed by atoms with E-state index in [0.29, 0.717) is 5.69 Å². The first kappa shape index (κ1) is 17.0. The number of halogens is 1. The van der Waals surface area contributed by atoms with Crippen molar-refractivity contribution in [2.24, 2.45) is 7.05 Å². The van der Waals surface area contributed by atoms with Crippen molar-refractivity contribution >= 4 is 38.7 Å². The van der Waals surface area contributed by atoms with Gasteiger partial charge in [0.25, 0.3) is 5.91 Å². The van der Waals surface area contributed by atoms with Crippen LogP contribution in [0.25, 0.3) is 10.9 Å². The van der Waals surface area contributed by atoms with E-state index in [1.807, 2.05) is 24.4 Å². The van der Waals surface area contributed by atoms with Gasteiger partial charge in [0.05, 0.1) is 5.52 Å². The van der Waals surface area contributed by atoms with E-state index in [1.165, 1.54) is 0 Å². The number of carbonyl (C=O) groups is 1. The zero-order valence-electron chi connectivity index (χ0n) is 14.4. The molecule has 8 heteroatoms. The molecule has 3 aromatic rings. The molecule has 0 saturated carbocycles. The third kappa shape index (κ3) is 3.55. The minimum atomic E-state index is -0.114. The summed E-state index contributed by atoms with van der Waals surface area (Å²) in [4.78, 5) is 23.6. The lowest BCUT2D eigenvalue weighted by Gasteiger charge is -2.32. The molecule has 3 heterocycles. The van der Waals surface area contributed by atoms with Crippen LogP contribution in [0.5, 0.6) is 0 Å². The number of hydrogen-bond acceptors (Lipinski definition) is 5. The van der Waals surface area contributed by atoms with E-state index in [0.717, 1.165) is 47.3 Å². The predicted molar refractivity (Wildman–Crippen MR) is 103 cm³/mol. The highest BCUT2D eigenvalue weighted by atomic mass is 79.9. The van der Waals surface area contributed by atoms with Gasteiger partial charge in [0.15, 0.2) is 0 Å². The van der Waals surface area contributed by atoms with Crippen LogP contribution in [0.15, 0.2) is 41.1 Å². The highest BCUT2D eigenvalue weighted by Gasteiger charge is 2.23. The molecule has 1 fully saturated rings. The van der Waals surface area contributed by atoms with Gasteiger partial charge in [-0.1, -0.05) is 15.9 Å². The first-order valence-corrected chi connectivity index (χ1v) is 9.35. The smallest absolute Gasteiger partial charge is 0.271 e. The number of aromatic nitrogens is 4. The Hall–Kier alpha value is -2.48. The van der Waals surface area contributed by atoms with Crippen molar-refractivity contribution in [1.29, 1.82) is 0 Å². The predicted octanol–water partition coefficient (Wildman–Crippen LogP) is 2.52. The Balaban J connectivity index is 1.39. The Bertz CT molecular complexity index is 948. The Morgan fingerprint density at radius 2 is 2.08 bits per heavy atom. The van der Waals surface area contributed by atoms with Crippen LogP contribution in [-0.2, 0) is 7.05 Å². The molecule has 7 nitrogen and oxygen atoms in total. The van der Waals surface area contributed by atoms with Crippen LogP contribution < -0.4 is 10.2 Å². The maximum absolute atomic E-state index is 12.2. The second-order valence-corrected chi connectivity index (χ2v) is 7.40. The van der Waals surface area contributed by atoms with Gasteiger partial charge in [0, 0.05) is 48.4 Å². The van der Waals surface area contributed by atoms with Gasteiger partial charge in [0.2, 0.25) is 5.95 Å². The molecule has 0 atom stereocenters. The number of rotatable bonds is 3. The first-order valence-electron chi connectivity index (χ1n) is 8.56. The van der Waals surface area contributed by atoms with Crippen molar-refractivity contribution in [2.75, 3.05) is 18.0 Å². The van der Waals surface area contributed by atoms with Crippen LogP contribution in [0.1, 0.15) is 23.3 Å². The maximum Gasteiger partial charge on any atom is 0.271 e. The minimum Gasteiger partial charge on any atom is -0.348 e. The molecule has 0 spiro atoms. The van der Waals surface area contributed by atoms with Crippen molar-refractivity contribution in [3.8, 4) is 0 Å². The zero-order chi connectivity index (χ0) is 18.1. The summed E-state index contributed by atoms with van der Waals surface area (Å²) in [6.45, 7) is 1.63. The van der Waals surface area contributed by atoms with Gasteiger partial charge >= 0.3 is 0 Å². The molecular weight excluding hydrogens is 396 g/mol. The number of nitrogens with zero attached hydrogens (tertiary/aromatic N) is 5. The van der Waals surface area contributed by atoms with Crippen LogP contribution in [0.2, 0.25) is 0 Å². The summed E-state index contributed by atoms with van der Waals surface area (Å²) in [5, 5.41) is 8.23. The number of benzene rings is 1. The highest BCUT2D eigenvalue weighted by Crippen LogP contribution is 2.22. The summed E-state index contributed by atoms with van der Waals surface area (Å²) in [6.07, 6.45) is 5.35. The molecule has 134 valence electrons. The summed E-state index contributed by atoms with van der Waals surface area (Å²) in [6, 6.07) is 7.87. The first-order chi connectivity index (χ1) is 12.6. The lowest BCUT2D eigenvalue weighted by molar-refractivity contribution is 0.0925. The van der Waals surface area contributed by atoms with Crippen LogP contribution >= 0.6 is 15.9 Å². The van der Waals surface area contributed by atoms with Crippen LogP contribution in [0, 0.1) is 0 Å². The van der Waals surface area contributed by atoms with E-state index in [2.05, 4.69) is 41.2 Å². The summed E-state index contributed by atoms with van der Waals surface area (Å²) in [7, 11) is 1.80. The molecule has 0 unspecified atom stereocenters. The fourth-order valence-electron chi connectivity index (χ4n) is 3.17. The van der Waals surface area contributed by atoms with E-state index >= 15 is 0 Å². The number of fused-ring (bicyclic) bond motifs is 1. The van der Waals surface area contributed by atoms with Crippen molar-refractivity contribution in [1.82, 2.24) is 25.1 Å². The fourth-order valence-corrected chi connectivity index (χ4v) is 3.54. The standard InChI is InChI=1S/C18H19BrN6O/c1-24-7-6-16(23-24)17(26)21-14-4-8-25(9-5-14)18-20-11-12-10-13(19)2-3-15(12)22-18/h2-3,6-7,10-11,14H,4-5,8-9H2,1H3,(H,21,26). The van der Waals surface area contributed by atoms with Gasteiger partial charge in [-0.15, -0.1) is 0 Å². The lowest BCUT2D eigenvalue weighted by Crippen LogP contribution is -2.45. The number of hydrogen-bond donors (Lipinski definition) is 1.